The van der Waals surface area contributed by atoms with E-state index in [4.69, 9.17) is 10.9 Å². The van der Waals surface area contributed by atoms with Gasteiger partial charge in [0.2, 0.25) is 0 Å². The Balaban J connectivity index is 2.22. The Bertz CT molecular complexity index is 676. The van der Waals surface area contributed by atoms with Crippen molar-refractivity contribution in [2.24, 2.45) is 10.9 Å². The number of alkyl halides is 3. The SMILES string of the molecule is Cc1cc(/C(N)=N/O)ccc1Cn1cc(C(F)(F)F)cn1. The third-order valence-electron chi connectivity index (χ3n) is 3.04. The lowest BCUT2D eigenvalue weighted by Gasteiger charge is -2.08. The second-order valence-corrected chi connectivity index (χ2v) is 4.55. The summed E-state index contributed by atoms with van der Waals surface area (Å²) in [5, 5.41) is 15.2. The van der Waals surface area contributed by atoms with Crippen LogP contribution in [0, 0.1) is 6.92 Å². The van der Waals surface area contributed by atoms with Gasteiger partial charge in [-0.25, -0.2) is 0 Å². The average molecular weight is 298 g/mol. The summed E-state index contributed by atoms with van der Waals surface area (Å²) in [5.41, 5.74) is 6.83. The molecular weight excluding hydrogens is 285 g/mol. The number of halogens is 3. The lowest BCUT2D eigenvalue weighted by Crippen LogP contribution is -2.13. The molecule has 0 bridgehead atoms. The number of rotatable bonds is 3. The van der Waals surface area contributed by atoms with E-state index in [-0.39, 0.29) is 12.4 Å². The third-order valence-corrected chi connectivity index (χ3v) is 3.04. The maximum Gasteiger partial charge on any atom is 0.419 e. The molecule has 0 spiro atoms. The molecule has 1 aromatic heterocycles. The Morgan fingerprint density at radius 2 is 2.14 bits per heavy atom. The molecule has 3 N–H and O–H groups in total. The van der Waals surface area contributed by atoms with Crippen LogP contribution in [-0.4, -0.2) is 20.8 Å². The van der Waals surface area contributed by atoms with Gasteiger partial charge in [-0.05, 0) is 24.1 Å². The van der Waals surface area contributed by atoms with Gasteiger partial charge in [0.15, 0.2) is 5.84 Å². The number of oxime groups is 1. The number of nitrogens with zero attached hydrogens (tertiary/aromatic N) is 3. The quantitative estimate of drug-likeness (QED) is 0.395. The molecule has 0 fully saturated rings. The highest BCUT2D eigenvalue weighted by atomic mass is 19.4. The maximum absolute atomic E-state index is 12.5. The van der Waals surface area contributed by atoms with Gasteiger partial charge < -0.3 is 10.9 Å². The second-order valence-electron chi connectivity index (χ2n) is 4.55. The van der Waals surface area contributed by atoms with Gasteiger partial charge in [-0.3, -0.25) is 4.68 Å². The average Bonchev–Trinajstić information content (AvgIpc) is 2.88. The van der Waals surface area contributed by atoms with Crippen molar-refractivity contribution in [1.29, 1.82) is 0 Å². The number of aryl methyl sites for hydroxylation is 1. The number of nitrogens with two attached hydrogens (primary N) is 1. The number of amidine groups is 1. The molecule has 2 rings (SSSR count). The molecule has 1 aromatic carbocycles. The van der Waals surface area contributed by atoms with Crippen LogP contribution in [0.1, 0.15) is 22.3 Å². The molecule has 0 aliphatic heterocycles. The highest BCUT2D eigenvalue weighted by Gasteiger charge is 2.32. The highest BCUT2D eigenvalue weighted by molar-refractivity contribution is 5.97. The van der Waals surface area contributed by atoms with E-state index in [2.05, 4.69) is 10.3 Å². The monoisotopic (exact) mass is 298 g/mol. The lowest BCUT2D eigenvalue weighted by atomic mass is 10.0. The summed E-state index contributed by atoms with van der Waals surface area (Å²) in [5.74, 6) is -0.0249. The van der Waals surface area contributed by atoms with E-state index in [1.807, 2.05) is 0 Å². The van der Waals surface area contributed by atoms with Crippen molar-refractivity contribution in [2.75, 3.05) is 0 Å². The van der Waals surface area contributed by atoms with Crippen LogP contribution in [0.5, 0.6) is 0 Å². The molecule has 2 aromatic rings. The van der Waals surface area contributed by atoms with Crippen molar-refractivity contribution >= 4 is 5.84 Å². The van der Waals surface area contributed by atoms with Crippen molar-refractivity contribution in [2.45, 2.75) is 19.6 Å². The van der Waals surface area contributed by atoms with Crippen molar-refractivity contribution in [3.05, 3.63) is 52.8 Å². The summed E-state index contributed by atoms with van der Waals surface area (Å²) in [6.07, 6.45) is -2.65. The third kappa shape index (κ3) is 3.33. The van der Waals surface area contributed by atoms with Gasteiger partial charge >= 0.3 is 6.18 Å². The second kappa shape index (κ2) is 5.47. The number of hydrogen-bond acceptors (Lipinski definition) is 3. The molecule has 0 aliphatic carbocycles. The molecule has 8 heteroatoms. The highest BCUT2D eigenvalue weighted by Crippen LogP contribution is 2.28. The largest absolute Gasteiger partial charge is 0.419 e. The Kier molecular flexibility index (Phi) is 3.88. The van der Waals surface area contributed by atoms with Crippen molar-refractivity contribution < 1.29 is 18.4 Å². The molecule has 0 atom stereocenters. The van der Waals surface area contributed by atoms with Crippen LogP contribution in [0.3, 0.4) is 0 Å². The number of hydrogen-bond donors (Lipinski definition) is 2. The van der Waals surface area contributed by atoms with E-state index >= 15 is 0 Å². The molecular formula is C13H13F3N4O. The Morgan fingerprint density at radius 1 is 1.43 bits per heavy atom. The van der Waals surface area contributed by atoms with Gasteiger partial charge in [-0.2, -0.15) is 18.3 Å². The first kappa shape index (κ1) is 14.9. The first-order chi connectivity index (χ1) is 9.81. The van der Waals surface area contributed by atoms with Crippen molar-refractivity contribution in [1.82, 2.24) is 9.78 Å². The van der Waals surface area contributed by atoms with Gasteiger partial charge in [0.05, 0.1) is 18.3 Å². The standard InChI is InChI=1S/C13H13F3N4O/c1-8-4-9(12(17)19-21)2-3-10(8)6-20-7-11(5-18-20)13(14,15)16/h2-5,7,21H,6H2,1H3,(H2,17,19). The van der Waals surface area contributed by atoms with Gasteiger partial charge in [-0.15, -0.1) is 0 Å². The van der Waals surface area contributed by atoms with Crippen LogP contribution in [0.25, 0.3) is 0 Å². The summed E-state index contributed by atoms with van der Waals surface area (Å²) >= 11 is 0. The van der Waals surface area contributed by atoms with E-state index in [9.17, 15) is 13.2 Å². The van der Waals surface area contributed by atoms with E-state index in [0.29, 0.717) is 5.56 Å². The van der Waals surface area contributed by atoms with Crippen LogP contribution in [-0.2, 0) is 12.7 Å². The smallest absolute Gasteiger partial charge is 0.409 e. The molecule has 0 saturated heterocycles. The zero-order chi connectivity index (χ0) is 15.6. The normalized spacial score (nSPS) is 12.7. The molecule has 0 amide bonds. The van der Waals surface area contributed by atoms with Crippen LogP contribution in [0.2, 0.25) is 0 Å². The zero-order valence-corrected chi connectivity index (χ0v) is 11.1. The van der Waals surface area contributed by atoms with Crippen LogP contribution in [0.4, 0.5) is 13.2 Å². The first-order valence-electron chi connectivity index (χ1n) is 5.98. The summed E-state index contributed by atoms with van der Waals surface area (Å²) in [7, 11) is 0. The summed E-state index contributed by atoms with van der Waals surface area (Å²) in [6, 6.07) is 5.03. The molecule has 0 saturated carbocycles. The fourth-order valence-corrected chi connectivity index (χ4v) is 1.86. The molecule has 0 unspecified atom stereocenters. The van der Waals surface area contributed by atoms with Crippen LogP contribution >= 0.6 is 0 Å². The van der Waals surface area contributed by atoms with Gasteiger partial charge in [0.25, 0.3) is 0 Å². The van der Waals surface area contributed by atoms with Gasteiger partial charge in [-0.1, -0.05) is 17.3 Å². The lowest BCUT2D eigenvalue weighted by molar-refractivity contribution is -0.137. The van der Waals surface area contributed by atoms with E-state index in [0.717, 1.165) is 23.5 Å². The minimum atomic E-state index is -4.40. The van der Waals surface area contributed by atoms with Crippen molar-refractivity contribution in [3.8, 4) is 0 Å². The van der Waals surface area contributed by atoms with Gasteiger partial charge in [0.1, 0.15) is 0 Å². The summed E-state index contributed by atoms with van der Waals surface area (Å²) in [6.45, 7) is 2.00. The Morgan fingerprint density at radius 3 is 2.67 bits per heavy atom. The fraction of sp³-hybridized carbons (Fsp3) is 0.231. The Labute approximate surface area is 118 Å². The molecule has 21 heavy (non-hydrogen) atoms. The topological polar surface area (TPSA) is 76.4 Å². The molecule has 0 radical (unpaired) electrons. The predicted molar refractivity (Wildman–Crippen MR) is 70.0 cm³/mol. The molecule has 1 heterocycles. The maximum atomic E-state index is 12.5. The summed E-state index contributed by atoms with van der Waals surface area (Å²) < 4.78 is 38.7. The van der Waals surface area contributed by atoms with E-state index in [1.54, 1.807) is 25.1 Å². The van der Waals surface area contributed by atoms with Crippen LogP contribution < -0.4 is 5.73 Å². The summed E-state index contributed by atoms with van der Waals surface area (Å²) in [4.78, 5) is 0. The van der Waals surface area contributed by atoms with E-state index in [1.165, 1.54) is 4.68 Å². The van der Waals surface area contributed by atoms with E-state index < -0.39 is 11.7 Å². The zero-order valence-electron chi connectivity index (χ0n) is 11.1. The minimum Gasteiger partial charge on any atom is -0.409 e. The predicted octanol–water partition coefficient (Wildman–Crippen LogP) is 2.35. The fourth-order valence-electron chi connectivity index (χ4n) is 1.86. The number of benzene rings is 1. The number of aromatic nitrogens is 2. The van der Waals surface area contributed by atoms with Crippen molar-refractivity contribution in [3.63, 3.8) is 0 Å². The molecule has 112 valence electrons. The first-order valence-corrected chi connectivity index (χ1v) is 5.98. The Hall–Kier alpha value is -2.51. The minimum absolute atomic E-state index is 0.0249. The van der Waals surface area contributed by atoms with Crippen LogP contribution in [0.15, 0.2) is 35.7 Å². The molecule has 0 aliphatic rings. The molecule has 5 nitrogen and oxygen atoms in total. The van der Waals surface area contributed by atoms with Gasteiger partial charge in [0, 0.05) is 11.8 Å².